The van der Waals surface area contributed by atoms with Gasteiger partial charge < -0.3 is 26.6 Å². The first kappa shape index (κ1) is 18.8. The van der Waals surface area contributed by atoms with Gasteiger partial charge in [0.15, 0.2) is 0 Å². The predicted octanol–water partition coefficient (Wildman–Crippen LogP) is -1.50. The Morgan fingerprint density at radius 2 is 1.55 bits per heavy atom. The molecular weight excluding hydrogens is 258 g/mol. The molecule has 0 spiro atoms. The largest absolute Gasteiger partial charge is 0.355 e. The van der Waals surface area contributed by atoms with E-state index in [-0.39, 0.29) is 11.8 Å². The van der Waals surface area contributed by atoms with E-state index in [0.717, 1.165) is 13.1 Å². The second-order valence-electron chi connectivity index (χ2n) is 4.53. The van der Waals surface area contributed by atoms with Gasteiger partial charge in [-0.25, -0.2) is 0 Å². The van der Waals surface area contributed by atoms with Gasteiger partial charge in [0.05, 0.1) is 0 Å². The Morgan fingerprint density at radius 1 is 1.00 bits per heavy atom. The minimum Gasteiger partial charge on any atom is -0.355 e. The normalized spacial score (nSPS) is 10.6. The summed E-state index contributed by atoms with van der Waals surface area (Å²) in [5, 5.41) is 8.54. The maximum atomic E-state index is 11.6. The fraction of sp³-hybridized carbons (Fsp3) is 0.846. The highest BCUT2D eigenvalue weighted by atomic mass is 16.2. The molecule has 0 heterocycles. The molecule has 5 N–H and O–H groups in total. The van der Waals surface area contributed by atoms with E-state index >= 15 is 0 Å². The zero-order valence-corrected chi connectivity index (χ0v) is 12.7. The van der Waals surface area contributed by atoms with Crippen LogP contribution in [0.15, 0.2) is 0 Å². The summed E-state index contributed by atoms with van der Waals surface area (Å²) in [4.78, 5) is 25.1. The molecule has 2 amide bonds. The molecule has 0 aliphatic rings. The van der Waals surface area contributed by atoms with E-state index in [0.29, 0.717) is 45.6 Å². The van der Waals surface area contributed by atoms with Crippen LogP contribution in [0.2, 0.25) is 0 Å². The second kappa shape index (κ2) is 12.8. The van der Waals surface area contributed by atoms with Gasteiger partial charge in [0.25, 0.3) is 0 Å². The number of nitrogens with two attached hydrogens (primary N) is 1. The van der Waals surface area contributed by atoms with Crippen molar-refractivity contribution in [3.8, 4) is 0 Å². The first-order valence-corrected chi connectivity index (χ1v) is 7.24. The molecule has 0 rings (SSSR count). The summed E-state index contributed by atoms with van der Waals surface area (Å²) in [5.74, 6) is 0.0543. The maximum absolute atomic E-state index is 11.6. The van der Waals surface area contributed by atoms with Crippen molar-refractivity contribution >= 4 is 11.8 Å². The number of nitrogens with zero attached hydrogens (tertiary/aromatic N) is 1. The Labute approximate surface area is 121 Å². The van der Waals surface area contributed by atoms with Gasteiger partial charge in [-0.1, -0.05) is 6.92 Å². The van der Waals surface area contributed by atoms with Crippen molar-refractivity contribution in [2.45, 2.75) is 19.8 Å². The lowest BCUT2D eigenvalue weighted by atomic mass is 10.3. The van der Waals surface area contributed by atoms with E-state index in [9.17, 15) is 9.59 Å². The average molecular weight is 287 g/mol. The van der Waals surface area contributed by atoms with Crippen molar-refractivity contribution in [3.63, 3.8) is 0 Å². The first-order valence-electron chi connectivity index (χ1n) is 7.24. The third kappa shape index (κ3) is 10.7. The molecule has 0 bridgehead atoms. The van der Waals surface area contributed by atoms with Crippen molar-refractivity contribution in [1.29, 1.82) is 0 Å². The summed E-state index contributed by atoms with van der Waals surface area (Å²) in [6.45, 7) is 6.57. The summed E-state index contributed by atoms with van der Waals surface area (Å²) in [6.07, 6.45) is 0.900. The Kier molecular flexibility index (Phi) is 12.1. The van der Waals surface area contributed by atoms with Gasteiger partial charge in [-0.2, -0.15) is 0 Å². The highest BCUT2D eigenvalue weighted by Crippen LogP contribution is 1.94. The highest BCUT2D eigenvalue weighted by Gasteiger charge is 2.08. The standard InChI is InChI=1S/C13H29N5O2/c1-3-18(10-4-12(19)16-7-6-14)11-5-13(20)17-9-8-15-2/h15H,3-11,14H2,1-2H3,(H,16,19)(H,17,20). The van der Waals surface area contributed by atoms with Crippen molar-refractivity contribution < 1.29 is 9.59 Å². The summed E-state index contributed by atoms with van der Waals surface area (Å²) < 4.78 is 0. The van der Waals surface area contributed by atoms with Crippen LogP contribution in [0.3, 0.4) is 0 Å². The molecule has 0 fully saturated rings. The molecule has 0 radical (unpaired) electrons. The van der Waals surface area contributed by atoms with Crippen molar-refractivity contribution in [1.82, 2.24) is 20.9 Å². The van der Waals surface area contributed by atoms with Crippen LogP contribution in [-0.2, 0) is 9.59 Å². The number of carbonyl (C=O) groups excluding carboxylic acids is 2. The number of amides is 2. The molecule has 0 aliphatic heterocycles. The van der Waals surface area contributed by atoms with Gasteiger partial charge in [0, 0.05) is 52.1 Å². The second-order valence-corrected chi connectivity index (χ2v) is 4.53. The lowest BCUT2D eigenvalue weighted by Gasteiger charge is -2.19. The monoisotopic (exact) mass is 287 g/mol. The lowest BCUT2D eigenvalue weighted by Crippen LogP contribution is -2.36. The molecule has 0 atom stereocenters. The van der Waals surface area contributed by atoms with Crippen LogP contribution in [0, 0.1) is 0 Å². The van der Waals surface area contributed by atoms with Gasteiger partial charge in [-0.3, -0.25) is 9.59 Å². The minimum absolute atomic E-state index is 0.00683. The van der Waals surface area contributed by atoms with Crippen molar-refractivity contribution in [2.75, 3.05) is 52.9 Å². The molecule has 0 aromatic carbocycles. The van der Waals surface area contributed by atoms with Gasteiger partial charge in [-0.15, -0.1) is 0 Å². The number of carbonyl (C=O) groups is 2. The molecule has 0 unspecified atom stereocenters. The molecule has 20 heavy (non-hydrogen) atoms. The molecule has 0 aliphatic carbocycles. The summed E-state index contributed by atoms with van der Waals surface area (Å²) >= 11 is 0. The van der Waals surface area contributed by atoms with Crippen LogP contribution in [-0.4, -0.2) is 69.6 Å². The van der Waals surface area contributed by atoms with Crippen molar-refractivity contribution in [3.05, 3.63) is 0 Å². The van der Waals surface area contributed by atoms with E-state index < -0.39 is 0 Å². The van der Waals surface area contributed by atoms with E-state index in [4.69, 9.17) is 5.73 Å². The lowest BCUT2D eigenvalue weighted by molar-refractivity contribution is -0.121. The number of likely N-dealkylation sites (N-methyl/N-ethyl adjacent to an activating group) is 1. The minimum atomic E-state index is 0.00683. The van der Waals surface area contributed by atoms with Crippen molar-refractivity contribution in [2.24, 2.45) is 5.73 Å². The predicted molar refractivity (Wildman–Crippen MR) is 80.3 cm³/mol. The van der Waals surface area contributed by atoms with Gasteiger partial charge >= 0.3 is 0 Å². The van der Waals surface area contributed by atoms with Crippen LogP contribution in [0.4, 0.5) is 0 Å². The Hall–Kier alpha value is -1.18. The molecule has 7 nitrogen and oxygen atoms in total. The average Bonchev–Trinajstić information content (AvgIpc) is 2.45. The van der Waals surface area contributed by atoms with Gasteiger partial charge in [-0.05, 0) is 13.6 Å². The Balaban J connectivity index is 3.75. The fourth-order valence-electron chi connectivity index (χ4n) is 1.66. The first-order chi connectivity index (χ1) is 9.63. The summed E-state index contributed by atoms with van der Waals surface area (Å²) in [5.41, 5.74) is 5.32. The Bertz CT molecular complexity index is 273. The van der Waals surface area contributed by atoms with Gasteiger partial charge in [0.1, 0.15) is 0 Å². The maximum Gasteiger partial charge on any atom is 0.221 e. The van der Waals surface area contributed by atoms with Crippen LogP contribution < -0.4 is 21.7 Å². The topological polar surface area (TPSA) is 99.5 Å². The van der Waals surface area contributed by atoms with Gasteiger partial charge in [0.2, 0.25) is 11.8 Å². The van der Waals surface area contributed by atoms with Crippen LogP contribution in [0.5, 0.6) is 0 Å². The number of rotatable bonds is 12. The molecular formula is C13H29N5O2. The molecule has 0 aromatic rings. The summed E-state index contributed by atoms with van der Waals surface area (Å²) in [6, 6.07) is 0. The third-order valence-electron chi connectivity index (χ3n) is 2.92. The smallest absolute Gasteiger partial charge is 0.221 e. The van der Waals surface area contributed by atoms with Crippen LogP contribution >= 0.6 is 0 Å². The van der Waals surface area contributed by atoms with Crippen LogP contribution in [0.1, 0.15) is 19.8 Å². The fourth-order valence-corrected chi connectivity index (χ4v) is 1.66. The SMILES string of the molecule is CCN(CCC(=O)NCCN)CCC(=O)NCCNC. The molecule has 0 saturated heterocycles. The quantitative estimate of drug-likeness (QED) is 0.327. The zero-order chi connectivity index (χ0) is 15.2. The van der Waals surface area contributed by atoms with E-state index in [1.807, 2.05) is 14.0 Å². The van der Waals surface area contributed by atoms with E-state index in [2.05, 4.69) is 20.9 Å². The summed E-state index contributed by atoms with van der Waals surface area (Å²) in [7, 11) is 1.85. The van der Waals surface area contributed by atoms with E-state index in [1.165, 1.54) is 0 Å². The molecule has 7 heteroatoms. The zero-order valence-electron chi connectivity index (χ0n) is 12.7. The number of hydrogen-bond acceptors (Lipinski definition) is 5. The molecule has 0 saturated carbocycles. The third-order valence-corrected chi connectivity index (χ3v) is 2.92. The van der Waals surface area contributed by atoms with Crippen LogP contribution in [0.25, 0.3) is 0 Å². The van der Waals surface area contributed by atoms with E-state index in [1.54, 1.807) is 0 Å². The molecule has 0 aromatic heterocycles. The number of nitrogens with one attached hydrogen (secondary N) is 3. The number of hydrogen-bond donors (Lipinski definition) is 4. The molecule has 118 valence electrons. The highest BCUT2D eigenvalue weighted by molar-refractivity contribution is 5.76. The Morgan fingerprint density at radius 3 is 2.00 bits per heavy atom.